The number of amides is 1. The smallest absolute Gasteiger partial charge is 0.231 e. The second-order valence-electron chi connectivity index (χ2n) is 4.98. The van der Waals surface area contributed by atoms with Crippen molar-refractivity contribution in [3.63, 3.8) is 0 Å². The van der Waals surface area contributed by atoms with Crippen LogP contribution in [0.15, 0.2) is 40.9 Å². The lowest BCUT2D eigenvalue weighted by molar-refractivity contribution is -0.117. The number of carbonyl (C=O) groups is 1. The van der Waals surface area contributed by atoms with E-state index in [9.17, 15) is 13.6 Å². The van der Waals surface area contributed by atoms with Crippen LogP contribution in [0.1, 0.15) is 11.1 Å². The summed E-state index contributed by atoms with van der Waals surface area (Å²) < 4.78 is 28.0. The van der Waals surface area contributed by atoms with Crippen molar-refractivity contribution in [3.8, 4) is 0 Å². The molecule has 2 nitrogen and oxygen atoms in total. The summed E-state index contributed by atoms with van der Waals surface area (Å²) in [6.45, 7) is 0.394. The van der Waals surface area contributed by atoms with Gasteiger partial charge in [0.1, 0.15) is 11.6 Å². The summed E-state index contributed by atoms with van der Waals surface area (Å²) in [5, 5.41) is 0. The van der Waals surface area contributed by atoms with Crippen LogP contribution in [0.4, 0.5) is 14.5 Å². The van der Waals surface area contributed by atoms with E-state index < -0.39 is 11.6 Å². The molecule has 0 atom stereocenters. The van der Waals surface area contributed by atoms with Gasteiger partial charge in [0.25, 0.3) is 0 Å². The summed E-state index contributed by atoms with van der Waals surface area (Å²) in [5.74, 6) is -1.39. The van der Waals surface area contributed by atoms with Gasteiger partial charge in [-0.2, -0.15) is 0 Å². The number of carbonyl (C=O) groups excluding carboxylic acids is 1. The van der Waals surface area contributed by atoms with Crippen molar-refractivity contribution in [2.75, 3.05) is 11.4 Å². The number of rotatable bonds is 2. The Morgan fingerprint density at radius 1 is 1.19 bits per heavy atom. The standard InChI is InChI=1S/C16H12BrF2NO/c17-11-3-1-10(2-4-11)7-16(21)20-6-5-13-14(19)8-12(18)9-15(13)20/h1-4,8-9H,5-7H2. The molecule has 0 bridgehead atoms. The Morgan fingerprint density at radius 2 is 1.90 bits per heavy atom. The Labute approximate surface area is 129 Å². The summed E-state index contributed by atoms with van der Waals surface area (Å²) in [5.41, 5.74) is 1.64. The van der Waals surface area contributed by atoms with Crippen LogP contribution in [-0.4, -0.2) is 12.5 Å². The predicted molar refractivity (Wildman–Crippen MR) is 80.3 cm³/mol. The monoisotopic (exact) mass is 351 g/mol. The fraction of sp³-hybridized carbons (Fsp3) is 0.188. The maximum absolute atomic E-state index is 13.7. The molecule has 2 aromatic carbocycles. The molecule has 2 aromatic rings. The topological polar surface area (TPSA) is 20.3 Å². The Bertz CT molecular complexity index is 700. The van der Waals surface area contributed by atoms with Crippen LogP contribution in [-0.2, 0) is 17.6 Å². The van der Waals surface area contributed by atoms with Crippen molar-refractivity contribution in [3.05, 3.63) is 63.6 Å². The third kappa shape index (κ3) is 2.83. The largest absolute Gasteiger partial charge is 0.311 e. The quantitative estimate of drug-likeness (QED) is 0.804. The van der Waals surface area contributed by atoms with Crippen LogP contribution >= 0.6 is 15.9 Å². The molecule has 1 heterocycles. The number of nitrogens with zero attached hydrogens (tertiary/aromatic N) is 1. The molecule has 5 heteroatoms. The number of halogens is 3. The SMILES string of the molecule is O=C(Cc1ccc(Br)cc1)N1CCc2c(F)cc(F)cc21. The third-order valence-corrected chi connectivity index (χ3v) is 4.11. The molecule has 0 radical (unpaired) electrons. The van der Waals surface area contributed by atoms with Gasteiger partial charge in [-0.25, -0.2) is 8.78 Å². The first-order chi connectivity index (χ1) is 10.0. The molecule has 108 valence electrons. The molecule has 0 fully saturated rings. The summed E-state index contributed by atoms with van der Waals surface area (Å²) in [6, 6.07) is 9.52. The third-order valence-electron chi connectivity index (χ3n) is 3.58. The van der Waals surface area contributed by atoms with Gasteiger partial charge in [-0.05, 0) is 30.2 Å². The summed E-state index contributed by atoms with van der Waals surface area (Å²) in [6.07, 6.45) is 0.637. The van der Waals surface area contributed by atoms with Crippen LogP contribution in [0.2, 0.25) is 0 Å². The molecule has 0 N–H and O–H groups in total. The Hall–Kier alpha value is -1.75. The normalized spacial score (nSPS) is 13.4. The number of benzene rings is 2. The zero-order valence-corrected chi connectivity index (χ0v) is 12.7. The highest BCUT2D eigenvalue weighted by atomic mass is 79.9. The molecule has 0 aliphatic carbocycles. The first kappa shape index (κ1) is 14.2. The minimum absolute atomic E-state index is 0.152. The fourth-order valence-electron chi connectivity index (χ4n) is 2.55. The number of hydrogen-bond donors (Lipinski definition) is 0. The molecule has 0 aromatic heterocycles. The highest BCUT2D eigenvalue weighted by Gasteiger charge is 2.27. The lowest BCUT2D eigenvalue weighted by atomic mass is 10.1. The van der Waals surface area contributed by atoms with E-state index in [0.29, 0.717) is 24.2 Å². The van der Waals surface area contributed by atoms with E-state index in [1.165, 1.54) is 11.0 Å². The maximum atomic E-state index is 13.7. The van der Waals surface area contributed by atoms with Gasteiger partial charge in [0, 0.05) is 22.6 Å². The highest BCUT2D eigenvalue weighted by Crippen LogP contribution is 2.31. The van der Waals surface area contributed by atoms with Crippen LogP contribution in [0.25, 0.3) is 0 Å². The van der Waals surface area contributed by atoms with E-state index in [4.69, 9.17) is 0 Å². The van der Waals surface area contributed by atoms with Crippen LogP contribution in [0.3, 0.4) is 0 Å². The van der Waals surface area contributed by atoms with Crippen molar-refractivity contribution >= 4 is 27.5 Å². The van der Waals surface area contributed by atoms with Gasteiger partial charge in [-0.3, -0.25) is 4.79 Å². The predicted octanol–water partition coefficient (Wildman–Crippen LogP) is 3.86. The molecular formula is C16H12BrF2NO. The molecule has 1 aliphatic heterocycles. The summed E-state index contributed by atoms with van der Waals surface area (Å²) >= 11 is 3.34. The van der Waals surface area contributed by atoms with E-state index in [0.717, 1.165) is 16.1 Å². The second-order valence-corrected chi connectivity index (χ2v) is 5.90. The van der Waals surface area contributed by atoms with E-state index in [-0.39, 0.29) is 12.3 Å². The van der Waals surface area contributed by atoms with E-state index in [2.05, 4.69) is 15.9 Å². The molecule has 1 aliphatic rings. The van der Waals surface area contributed by atoms with Gasteiger partial charge in [-0.15, -0.1) is 0 Å². The van der Waals surface area contributed by atoms with Crippen LogP contribution < -0.4 is 4.90 Å². The Kier molecular flexibility index (Phi) is 3.76. The van der Waals surface area contributed by atoms with Crippen LogP contribution in [0, 0.1) is 11.6 Å². The zero-order chi connectivity index (χ0) is 15.0. The molecule has 0 saturated carbocycles. The van der Waals surface area contributed by atoms with Crippen molar-refractivity contribution in [1.82, 2.24) is 0 Å². The van der Waals surface area contributed by atoms with Crippen molar-refractivity contribution in [2.45, 2.75) is 12.8 Å². The number of fused-ring (bicyclic) bond motifs is 1. The van der Waals surface area contributed by atoms with Gasteiger partial charge in [0.2, 0.25) is 5.91 Å². The fourth-order valence-corrected chi connectivity index (χ4v) is 2.82. The summed E-state index contributed by atoms with van der Waals surface area (Å²) in [4.78, 5) is 13.8. The molecule has 21 heavy (non-hydrogen) atoms. The Balaban J connectivity index is 1.83. The average molecular weight is 352 g/mol. The van der Waals surface area contributed by atoms with Gasteiger partial charge in [-0.1, -0.05) is 28.1 Å². The van der Waals surface area contributed by atoms with Crippen molar-refractivity contribution in [1.29, 1.82) is 0 Å². The van der Waals surface area contributed by atoms with Crippen LogP contribution in [0.5, 0.6) is 0 Å². The number of hydrogen-bond acceptors (Lipinski definition) is 1. The molecule has 0 spiro atoms. The second kappa shape index (κ2) is 5.56. The lowest BCUT2D eigenvalue weighted by Gasteiger charge is -2.17. The maximum Gasteiger partial charge on any atom is 0.231 e. The number of anilines is 1. The van der Waals surface area contributed by atoms with Gasteiger partial charge in [0.05, 0.1) is 12.1 Å². The first-order valence-electron chi connectivity index (χ1n) is 6.57. The molecule has 3 rings (SSSR count). The minimum Gasteiger partial charge on any atom is -0.311 e. The van der Waals surface area contributed by atoms with E-state index in [1.54, 1.807) is 0 Å². The highest BCUT2D eigenvalue weighted by molar-refractivity contribution is 9.10. The van der Waals surface area contributed by atoms with Crippen molar-refractivity contribution in [2.24, 2.45) is 0 Å². The zero-order valence-electron chi connectivity index (χ0n) is 11.1. The van der Waals surface area contributed by atoms with E-state index in [1.807, 2.05) is 24.3 Å². The van der Waals surface area contributed by atoms with Gasteiger partial charge in [0.15, 0.2) is 0 Å². The van der Waals surface area contributed by atoms with Crippen molar-refractivity contribution < 1.29 is 13.6 Å². The Morgan fingerprint density at radius 3 is 2.62 bits per heavy atom. The lowest BCUT2D eigenvalue weighted by Crippen LogP contribution is -2.30. The molecule has 0 saturated heterocycles. The van der Waals surface area contributed by atoms with Gasteiger partial charge >= 0.3 is 0 Å². The molecular weight excluding hydrogens is 340 g/mol. The average Bonchev–Trinajstić information content (AvgIpc) is 2.85. The summed E-state index contributed by atoms with van der Waals surface area (Å²) in [7, 11) is 0. The first-order valence-corrected chi connectivity index (χ1v) is 7.36. The van der Waals surface area contributed by atoms with E-state index >= 15 is 0 Å². The van der Waals surface area contributed by atoms with Gasteiger partial charge < -0.3 is 4.90 Å². The minimum atomic E-state index is -0.658. The molecule has 1 amide bonds. The molecule has 0 unspecified atom stereocenters.